The Balaban J connectivity index is 1.91. The summed E-state index contributed by atoms with van der Waals surface area (Å²) in [6.07, 6.45) is 0. The normalized spacial score (nSPS) is 35.7. The molecule has 0 bridgehead atoms. The van der Waals surface area contributed by atoms with Gasteiger partial charge in [0, 0.05) is 26.4 Å². The number of hydrogen-bond donors (Lipinski definition) is 8. The van der Waals surface area contributed by atoms with E-state index in [-0.39, 0.29) is 13.2 Å². The van der Waals surface area contributed by atoms with Gasteiger partial charge < -0.3 is 31.5 Å². The third-order valence-corrected chi connectivity index (χ3v) is 3.20. The number of carbonyl (C=O) groups is 1. The molecule has 2 aliphatic rings. The second-order valence-electron chi connectivity index (χ2n) is 4.62. The fourth-order valence-electron chi connectivity index (χ4n) is 2.09. The molecule has 2 heterocycles. The van der Waals surface area contributed by atoms with Gasteiger partial charge in [-0.2, -0.15) is 0 Å². The maximum absolute atomic E-state index is 11.9. The van der Waals surface area contributed by atoms with Gasteiger partial charge in [-0.1, -0.05) is 0 Å². The third-order valence-electron chi connectivity index (χ3n) is 3.20. The number of aliphatic hydroxyl groups excluding tert-OH is 2. The van der Waals surface area contributed by atoms with Crippen molar-refractivity contribution in [2.24, 2.45) is 0 Å². The maximum atomic E-state index is 11.9. The maximum Gasteiger partial charge on any atom is 0.317 e. The zero-order valence-corrected chi connectivity index (χ0v) is 10.0. The second-order valence-corrected chi connectivity index (χ2v) is 4.62. The first-order chi connectivity index (χ1) is 8.64. The van der Waals surface area contributed by atoms with Crippen LogP contribution in [-0.4, -0.2) is 67.2 Å². The van der Waals surface area contributed by atoms with Crippen LogP contribution in [0, 0.1) is 0 Å². The minimum atomic E-state index is -0.854. The monoisotopic (exact) mass is 260 g/mol. The number of rotatable bonds is 4. The molecule has 2 rings (SSSR count). The molecule has 0 spiro atoms. The van der Waals surface area contributed by atoms with Crippen molar-refractivity contribution in [3.05, 3.63) is 0 Å². The number of carbonyl (C=O) groups excluding carboxylic acids is 1. The van der Waals surface area contributed by atoms with Crippen LogP contribution >= 0.6 is 0 Å². The number of urea groups is 1. The average Bonchev–Trinajstić information content (AvgIpc) is 3.00. The van der Waals surface area contributed by atoms with E-state index in [0.717, 1.165) is 0 Å². The number of nitrogens with one attached hydrogen (secondary N) is 6. The van der Waals surface area contributed by atoms with Crippen molar-refractivity contribution in [3.63, 3.8) is 0 Å². The quantitative estimate of drug-likeness (QED) is 0.258. The van der Waals surface area contributed by atoms with Gasteiger partial charge >= 0.3 is 6.03 Å². The molecule has 9 nitrogen and oxygen atoms in total. The summed E-state index contributed by atoms with van der Waals surface area (Å²) in [5, 5.41) is 35.9. The SMILES string of the molecule is O=C(NC1(CO)CNCN1)NC1(CO)CNCN1. The highest BCUT2D eigenvalue weighted by molar-refractivity contribution is 5.75. The summed E-state index contributed by atoms with van der Waals surface area (Å²) in [6, 6.07) is -0.453. The summed E-state index contributed by atoms with van der Waals surface area (Å²) in [6.45, 7) is 1.48. The molecule has 0 aromatic heterocycles. The van der Waals surface area contributed by atoms with E-state index >= 15 is 0 Å². The lowest BCUT2D eigenvalue weighted by molar-refractivity contribution is 0.134. The molecule has 2 saturated heterocycles. The van der Waals surface area contributed by atoms with Crippen molar-refractivity contribution >= 4 is 6.03 Å². The molecule has 2 unspecified atom stereocenters. The third kappa shape index (κ3) is 2.71. The van der Waals surface area contributed by atoms with Gasteiger partial charge in [-0.15, -0.1) is 0 Å². The molecule has 104 valence electrons. The first kappa shape index (κ1) is 13.5. The zero-order chi connectivity index (χ0) is 13.1. The molecule has 2 aliphatic heterocycles. The van der Waals surface area contributed by atoms with Crippen LogP contribution in [0.2, 0.25) is 0 Å². The van der Waals surface area contributed by atoms with E-state index in [2.05, 4.69) is 31.9 Å². The van der Waals surface area contributed by atoms with E-state index in [4.69, 9.17) is 0 Å². The summed E-state index contributed by atoms with van der Waals surface area (Å²) in [5.74, 6) is 0. The fraction of sp³-hybridized carbons (Fsp3) is 0.889. The molecule has 2 amide bonds. The second kappa shape index (κ2) is 5.34. The van der Waals surface area contributed by atoms with Gasteiger partial charge in [0.1, 0.15) is 11.3 Å². The lowest BCUT2D eigenvalue weighted by Gasteiger charge is -2.32. The molecule has 0 saturated carbocycles. The smallest absolute Gasteiger partial charge is 0.317 e. The molecule has 0 aromatic carbocycles. The van der Waals surface area contributed by atoms with Crippen LogP contribution in [0.15, 0.2) is 0 Å². The van der Waals surface area contributed by atoms with E-state index in [0.29, 0.717) is 26.4 Å². The number of amides is 2. The van der Waals surface area contributed by atoms with Crippen LogP contribution in [0.25, 0.3) is 0 Å². The van der Waals surface area contributed by atoms with E-state index < -0.39 is 17.4 Å². The molecule has 0 aliphatic carbocycles. The highest BCUT2D eigenvalue weighted by atomic mass is 16.3. The molecule has 9 heteroatoms. The van der Waals surface area contributed by atoms with Gasteiger partial charge in [-0.3, -0.25) is 10.6 Å². The topological polar surface area (TPSA) is 130 Å². The average molecular weight is 260 g/mol. The number of hydrogen-bond acceptors (Lipinski definition) is 7. The van der Waals surface area contributed by atoms with Gasteiger partial charge in [0.25, 0.3) is 0 Å². The van der Waals surface area contributed by atoms with E-state index in [9.17, 15) is 15.0 Å². The van der Waals surface area contributed by atoms with Crippen LogP contribution in [0.3, 0.4) is 0 Å². The summed E-state index contributed by atoms with van der Waals surface area (Å²) < 4.78 is 0. The lowest BCUT2D eigenvalue weighted by Crippen LogP contribution is -2.68. The van der Waals surface area contributed by atoms with Crippen LogP contribution in [0.4, 0.5) is 4.79 Å². The highest BCUT2D eigenvalue weighted by Crippen LogP contribution is 2.05. The summed E-state index contributed by atoms with van der Waals surface area (Å²) in [4.78, 5) is 11.9. The fourth-order valence-corrected chi connectivity index (χ4v) is 2.09. The van der Waals surface area contributed by atoms with E-state index in [1.807, 2.05) is 0 Å². The van der Waals surface area contributed by atoms with Gasteiger partial charge in [0.15, 0.2) is 0 Å². The Morgan fingerprint density at radius 3 is 1.72 bits per heavy atom. The van der Waals surface area contributed by atoms with Crippen molar-refractivity contribution in [2.45, 2.75) is 11.3 Å². The molecule has 0 aromatic rings. The van der Waals surface area contributed by atoms with Crippen LogP contribution in [-0.2, 0) is 0 Å². The van der Waals surface area contributed by atoms with Gasteiger partial charge in [-0.25, -0.2) is 4.79 Å². The van der Waals surface area contributed by atoms with E-state index in [1.165, 1.54) is 0 Å². The molecular weight excluding hydrogens is 240 g/mol. The first-order valence-corrected chi connectivity index (χ1v) is 5.87. The zero-order valence-electron chi connectivity index (χ0n) is 10.0. The Labute approximate surface area is 105 Å². The molecule has 2 fully saturated rings. The Morgan fingerprint density at radius 1 is 1.00 bits per heavy atom. The molecule has 8 N–H and O–H groups in total. The van der Waals surface area contributed by atoms with E-state index in [1.54, 1.807) is 0 Å². The van der Waals surface area contributed by atoms with Gasteiger partial charge in [0.2, 0.25) is 0 Å². The van der Waals surface area contributed by atoms with Crippen molar-refractivity contribution < 1.29 is 15.0 Å². The minimum Gasteiger partial charge on any atom is -0.392 e. The van der Waals surface area contributed by atoms with Crippen molar-refractivity contribution in [1.82, 2.24) is 31.9 Å². The highest BCUT2D eigenvalue weighted by Gasteiger charge is 2.38. The summed E-state index contributed by atoms with van der Waals surface area (Å²) >= 11 is 0. The van der Waals surface area contributed by atoms with Crippen LogP contribution in [0.5, 0.6) is 0 Å². The lowest BCUT2D eigenvalue weighted by atomic mass is 10.2. The molecule has 2 atom stereocenters. The summed E-state index contributed by atoms with van der Waals surface area (Å²) in [5.41, 5.74) is -1.71. The van der Waals surface area contributed by atoms with Crippen molar-refractivity contribution in [2.75, 3.05) is 39.6 Å². The minimum absolute atomic E-state index is 0.217. The molecule has 0 radical (unpaired) electrons. The van der Waals surface area contributed by atoms with Crippen molar-refractivity contribution in [3.8, 4) is 0 Å². The Morgan fingerprint density at radius 2 is 1.44 bits per heavy atom. The number of aliphatic hydroxyl groups is 2. The van der Waals surface area contributed by atoms with Gasteiger partial charge in [-0.05, 0) is 0 Å². The van der Waals surface area contributed by atoms with Gasteiger partial charge in [0.05, 0.1) is 13.2 Å². The Kier molecular flexibility index (Phi) is 4.00. The predicted octanol–water partition coefficient (Wildman–Crippen LogP) is -4.04. The standard InChI is InChI=1S/C9H20N6O3/c16-3-8(1-10-5-12-8)14-7(18)15-9(4-17)2-11-6-13-9/h10-13,16-17H,1-6H2,(H2,14,15,18). The summed E-state index contributed by atoms with van der Waals surface area (Å²) in [7, 11) is 0. The molecule has 18 heavy (non-hydrogen) atoms. The van der Waals surface area contributed by atoms with Crippen molar-refractivity contribution in [1.29, 1.82) is 0 Å². The first-order valence-electron chi connectivity index (χ1n) is 5.87. The molecular formula is C9H20N6O3. The van der Waals surface area contributed by atoms with Crippen LogP contribution in [0.1, 0.15) is 0 Å². The van der Waals surface area contributed by atoms with Crippen LogP contribution < -0.4 is 31.9 Å². The largest absolute Gasteiger partial charge is 0.392 e. The Bertz CT molecular complexity index is 273. The Hall–Kier alpha value is -0.970. The predicted molar refractivity (Wildman–Crippen MR) is 63.3 cm³/mol.